The fourth-order valence-corrected chi connectivity index (χ4v) is 3.02. The van der Waals surface area contributed by atoms with Gasteiger partial charge >= 0.3 is 0 Å². The second kappa shape index (κ2) is 6.12. The van der Waals surface area contributed by atoms with Crippen molar-refractivity contribution in [1.82, 2.24) is 34.4 Å². The summed E-state index contributed by atoms with van der Waals surface area (Å²) in [6.07, 6.45) is 5.10. The van der Waals surface area contributed by atoms with Crippen molar-refractivity contribution in [3.05, 3.63) is 54.0 Å². The van der Waals surface area contributed by atoms with Gasteiger partial charge in [-0.25, -0.2) is 9.67 Å². The van der Waals surface area contributed by atoms with Gasteiger partial charge in [0.15, 0.2) is 11.6 Å². The first-order valence-corrected chi connectivity index (χ1v) is 8.31. The van der Waals surface area contributed by atoms with Crippen LogP contribution in [0.4, 0.5) is 0 Å². The molecule has 1 aliphatic rings. The maximum absolute atomic E-state index is 12.8. The quantitative estimate of drug-likeness (QED) is 0.726. The predicted octanol–water partition coefficient (Wildman–Crippen LogP) is 1.64. The van der Waals surface area contributed by atoms with Crippen molar-refractivity contribution in [3.63, 3.8) is 0 Å². The van der Waals surface area contributed by atoms with Crippen molar-refractivity contribution in [2.24, 2.45) is 0 Å². The first kappa shape index (κ1) is 15.5. The molecule has 3 aromatic heterocycles. The SMILES string of the molecule is CC(C)c1nnc2n1CCN(C(=O)c1ccc(-n3cccn3)nc1)C2. The highest BCUT2D eigenvalue weighted by atomic mass is 16.2. The van der Waals surface area contributed by atoms with E-state index in [2.05, 4.69) is 38.7 Å². The Hall–Kier alpha value is -3.03. The number of fused-ring (bicyclic) bond motifs is 1. The fraction of sp³-hybridized carbons (Fsp3) is 0.353. The second-order valence-corrected chi connectivity index (χ2v) is 6.36. The molecule has 0 aliphatic carbocycles. The lowest BCUT2D eigenvalue weighted by Gasteiger charge is -2.28. The van der Waals surface area contributed by atoms with E-state index < -0.39 is 0 Å². The van der Waals surface area contributed by atoms with Crippen LogP contribution in [-0.4, -0.2) is 46.9 Å². The van der Waals surface area contributed by atoms with E-state index >= 15 is 0 Å². The Kier molecular flexibility index (Phi) is 3.79. The van der Waals surface area contributed by atoms with Crippen LogP contribution in [0.25, 0.3) is 5.82 Å². The molecular formula is C17H19N7O. The average Bonchev–Trinajstić information content (AvgIpc) is 3.30. The van der Waals surface area contributed by atoms with Crippen molar-refractivity contribution >= 4 is 5.91 Å². The summed E-state index contributed by atoms with van der Waals surface area (Å²) in [4.78, 5) is 18.9. The van der Waals surface area contributed by atoms with Crippen LogP contribution in [0.1, 0.15) is 41.8 Å². The molecule has 1 amide bonds. The van der Waals surface area contributed by atoms with Gasteiger partial charge in [-0.05, 0) is 18.2 Å². The molecular weight excluding hydrogens is 318 g/mol. The van der Waals surface area contributed by atoms with E-state index in [4.69, 9.17) is 0 Å². The van der Waals surface area contributed by atoms with Crippen molar-refractivity contribution in [1.29, 1.82) is 0 Å². The van der Waals surface area contributed by atoms with Crippen LogP contribution in [0.5, 0.6) is 0 Å². The van der Waals surface area contributed by atoms with Crippen LogP contribution in [0.2, 0.25) is 0 Å². The number of hydrogen-bond acceptors (Lipinski definition) is 5. The van der Waals surface area contributed by atoms with Gasteiger partial charge in [-0.2, -0.15) is 5.10 Å². The molecule has 0 bridgehead atoms. The third-order valence-corrected chi connectivity index (χ3v) is 4.32. The van der Waals surface area contributed by atoms with Crippen molar-refractivity contribution in [2.75, 3.05) is 6.54 Å². The minimum Gasteiger partial charge on any atom is -0.329 e. The summed E-state index contributed by atoms with van der Waals surface area (Å²) in [6, 6.07) is 5.41. The molecule has 4 rings (SSSR count). The maximum Gasteiger partial charge on any atom is 0.255 e. The van der Waals surface area contributed by atoms with E-state index in [-0.39, 0.29) is 5.91 Å². The minimum atomic E-state index is -0.0418. The first-order valence-electron chi connectivity index (χ1n) is 8.31. The van der Waals surface area contributed by atoms with Gasteiger partial charge in [0.1, 0.15) is 5.82 Å². The smallest absolute Gasteiger partial charge is 0.255 e. The summed E-state index contributed by atoms with van der Waals surface area (Å²) in [5.74, 6) is 2.78. The Bertz CT molecular complexity index is 880. The average molecular weight is 337 g/mol. The normalized spacial score (nSPS) is 14.0. The molecule has 0 unspecified atom stereocenters. The Morgan fingerprint density at radius 3 is 2.76 bits per heavy atom. The highest BCUT2D eigenvalue weighted by Crippen LogP contribution is 2.19. The highest BCUT2D eigenvalue weighted by Gasteiger charge is 2.26. The summed E-state index contributed by atoms with van der Waals surface area (Å²) >= 11 is 0. The lowest BCUT2D eigenvalue weighted by Crippen LogP contribution is -2.39. The molecule has 0 saturated carbocycles. The molecule has 8 nitrogen and oxygen atoms in total. The molecule has 0 fully saturated rings. The Morgan fingerprint density at radius 2 is 2.08 bits per heavy atom. The van der Waals surface area contributed by atoms with Gasteiger partial charge in [0.25, 0.3) is 5.91 Å². The minimum absolute atomic E-state index is 0.0418. The number of amides is 1. The third-order valence-electron chi connectivity index (χ3n) is 4.32. The van der Waals surface area contributed by atoms with Crippen molar-refractivity contribution in [3.8, 4) is 5.82 Å². The zero-order valence-electron chi connectivity index (χ0n) is 14.2. The maximum atomic E-state index is 12.8. The summed E-state index contributed by atoms with van der Waals surface area (Å²) in [5.41, 5.74) is 0.563. The molecule has 0 saturated heterocycles. The molecule has 25 heavy (non-hydrogen) atoms. The van der Waals surface area contributed by atoms with Gasteiger partial charge < -0.3 is 9.47 Å². The summed E-state index contributed by atoms with van der Waals surface area (Å²) in [7, 11) is 0. The van der Waals surface area contributed by atoms with Crippen LogP contribution in [0.3, 0.4) is 0 Å². The largest absolute Gasteiger partial charge is 0.329 e. The van der Waals surface area contributed by atoms with Crippen LogP contribution in [-0.2, 0) is 13.1 Å². The number of rotatable bonds is 3. The predicted molar refractivity (Wildman–Crippen MR) is 90.2 cm³/mol. The van der Waals surface area contributed by atoms with E-state index in [1.165, 1.54) is 0 Å². The van der Waals surface area contributed by atoms with E-state index in [1.54, 1.807) is 34.1 Å². The molecule has 3 aromatic rings. The number of pyridine rings is 1. The van der Waals surface area contributed by atoms with Crippen LogP contribution >= 0.6 is 0 Å². The van der Waals surface area contributed by atoms with Crippen LogP contribution < -0.4 is 0 Å². The number of carbonyl (C=O) groups excluding carboxylic acids is 1. The first-order chi connectivity index (χ1) is 12.1. The van der Waals surface area contributed by atoms with E-state index in [9.17, 15) is 4.79 Å². The van der Waals surface area contributed by atoms with Gasteiger partial charge in [-0.3, -0.25) is 4.79 Å². The van der Waals surface area contributed by atoms with Gasteiger partial charge in [-0.1, -0.05) is 13.8 Å². The van der Waals surface area contributed by atoms with Crippen molar-refractivity contribution in [2.45, 2.75) is 32.9 Å². The lowest BCUT2D eigenvalue weighted by molar-refractivity contribution is 0.0706. The van der Waals surface area contributed by atoms with Crippen LogP contribution in [0, 0.1) is 0 Å². The lowest BCUT2D eigenvalue weighted by atomic mass is 10.2. The number of hydrogen-bond donors (Lipinski definition) is 0. The summed E-state index contributed by atoms with van der Waals surface area (Å²) in [6.45, 7) is 6.04. The highest BCUT2D eigenvalue weighted by molar-refractivity contribution is 5.94. The van der Waals surface area contributed by atoms with Crippen LogP contribution in [0.15, 0.2) is 36.8 Å². The summed E-state index contributed by atoms with van der Waals surface area (Å²) in [5, 5.41) is 12.6. The standard InChI is InChI=1S/C17H19N7O/c1-12(2)16-21-20-15-11-22(8-9-23(15)16)17(25)13-4-5-14(18-10-13)24-7-3-6-19-24/h3-7,10,12H,8-9,11H2,1-2H3. The number of nitrogens with zero attached hydrogens (tertiary/aromatic N) is 7. The zero-order chi connectivity index (χ0) is 17.4. The monoisotopic (exact) mass is 337 g/mol. The molecule has 0 atom stereocenters. The fourth-order valence-electron chi connectivity index (χ4n) is 3.02. The molecule has 0 aromatic carbocycles. The van der Waals surface area contributed by atoms with Gasteiger partial charge in [-0.15, -0.1) is 10.2 Å². The Morgan fingerprint density at radius 1 is 1.20 bits per heavy atom. The van der Waals surface area contributed by atoms with Gasteiger partial charge in [0.2, 0.25) is 0 Å². The Balaban J connectivity index is 1.51. The van der Waals surface area contributed by atoms with Gasteiger partial charge in [0, 0.05) is 37.6 Å². The molecule has 128 valence electrons. The zero-order valence-corrected chi connectivity index (χ0v) is 14.2. The third kappa shape index (κ3) is 2.79. The van der Waals surface area contributed by atoms with E-state index in [1.807, 2.05) is 12.3 Å². The molecule has 0 N–H and O–H groups in total. The molecule has 1 aliphatic heterocycles. The molecule has 0 spiro atoms. The number of carbonyl (C=O) groups is 1. The second-order valence-electron chi connectivity index (χ2n) is 6.36. The summed E-state index contributed by atoms with van der Waals surface area (Å²) < 4.78 is 3.78. The molecule has 4 heterocycles. The van der Waals surface area contributed by atoms with Crippen molar-refractivity contribution < 1.29 is 4.79 Å². The molecule has 0 radical (unpaired) electrons. The Labute approximate surface area is 145 Å². The molecule has 8 heteroatoms. The number of aromatic nitrogens is 6. The van der Waals surface area contributed by atoms with E-state index in [0.29, 0.717) is 30.4 Å². The van der Waals surface area contributed by atoms with E-state index in [0.717, 1.165) is 18.2 Å². The van der Waals surface area contributed by atoms with Gasteiger partial charge in [0.05, 0.1) is 12.1 Å². The topological polar surface area (TPSA) is 81.7 Å².